The number of benzene rings is 10. The SMILES string of the molecule is c1ccc(-c2nc(-c3cccc(-c4cccc(-c5ccc6c7ccccc7c7ccccc7c6c5)c4)c3)nc3c2sc2c4ccccc4c4ccccc4c32)cc1. The maximum absolute atomic E-state index is 5.45. The lowest BCUT2D eigenvalue weighted by Gasteiger charge is -2.13. The number of aromatic nitrogens is 2. The highest BCUT2D eigenvalue weighted by Crippen LogP contribution is 2.46. The van der Waals surface area contributed by atoms with Crippen LogP contribution < -0.4 is 0 Å². The summed E-state index contributed by atoms with van der Waals surface area (Å²) < 4.78 is 2.37. The monoisotopic (exact) mass is 740 g/mol. The van der Waals surface area contributed by atoms with Crippen LogP contribution >= 0.6 is 11.3 Å². The van der Waals surface area contributed by atoms with E-state index >= 15 is 0 Å². The van der Waals surface area contributed by atoms with Crippen LogP contribution in [0.3, 0.4) is 0 Å². The first-order valence-electron chi connectivity index (χ1n) is 19.4. The van der Waals surface area contributed by atoms with Crippen molar-refractivity contribution in [1.82, 2.24) is 9.97 Å². The number of thiophene rings is 1. The van der Waals surface area contributed by atoms with Crippen LogP contribution in [0.25, 0.3) is 119 Å². The molecule has 264 valence electrons. The molecule has 3 heteroatoms. The molecule has 0 amide bonds. The molecule has 0 bridgehead atoms. The number of nitrogens with zero attached hydrogens (tertiary/aromatic N) is 2. The van der Waals surface area contributed by atoms with Crippen molar-refractivity contribution < 1.29 is 0 Å². The summed E-state index contributed by atoms with van der Waals surface area (Å²) in [4.78, 5) is 10.8. The first kappa shape index (κ1) is 32.1. The third-order valence-corrected chi connectivity index (χ3v) is 12.9. The van der Waals surface area contributed by atoms with Gasteiger partial charge in [0, 0.05) is 26.6 Å². The van der Waals surface area contributed by atoms with Crippen LogP contribution in [-0.4, -0.2) is 9.97 Å². The number of hydrogen-bond donors (Lipinski definition) is 0. The van der Waals surface area contributed by atoms with E-state index < -0.39 is 0 Å². The van der Waals surface area contributed by atoms with Gasteiger partial charge < -0.3 is 0 Å². The molecule has 0 aliphatic carbocycles. The van der Waals surface area contributed by atoms with Gasteiger partial charge in [0.25, 0.3) is 0 Å². The van der Waals surface area contributed by atoms with E-state index in [1.54, 1.807) is 0 Å². The van der Waals surface area contributed by atoms with Gasteiger partial charge in [0.15, 0.2) is 5.82 Å². The molecule has 12 rings (SSSR count). The Bertz CT molecular complexity index is 3550. The van der Waals surface area contributed by atoms with Gasteiger partial charge in [-0.1, -0.05) is 176 Å². The fraction of sp³-hybridized carbons (Fsp3) is 0. The van der Waals surface area contributed by atoms with Crippen molar-refractivity contribution in [3.05, 3.63) is 194 Å². The fourth-order valence-corrected chi connectivity index (χ4v) is 10.3. The molecular weight excluding hydrogens is 709 g/mol. The fourth-order valence-electron chi connectivity index (χ4n) is 8.99. The highest BCUT2D eigenvalue weighted by Gasteiger charge is 2.21. The van der Waals surface area contributed by atoms with Crippen LogP contribution in [0.15, 0.2) is 194 Å². The minimum atomic E-state index is 0.727. The molecule has 12 aromatic rings. The molecule has 0 fully saturated rings. The van der Waals surface area contributed by atoms with E-state index in [0.717, 1.165) is 44.0 Å². The van der Waals surface area contributed by atoms with E-state index in [-0.39, 0.29) is 0 Å². The number of fused-ring (bicyclic) bond motifs is 14. The summed E-state index contributed by atoms with van der Waals surface area (Å²) in [7, 11) is 0. The summed E-state index contributed by atoms with van der Waals surface area (Å²) in [6, 6.07) is 70.2. The second kappa shape index (κ2) is 12.7. The van der Waals surface area contributed by atoms with E-state index in [0.29, 0.717) is 0 Å². The van der Waals surface area contributed by atoms with Gasteiger partial charge >= 0.3 is 0 Å². The maximum atomic E-state index is 5.45. The molecule has 2 nitrogen and oxygen atoms in total. The van der Waals surface area contributed by atoms with Crippen LogP contribution in [0.1, 0.15) is 0 Å². The highest BCUT2D eigenvalue weighted by atomic mass is 32.1. The summed E-state index contributed by atoms with van der Waals surface area (Å²) in [5.74, 6) is 0.727. The van der Waals surface area contributed by atoms with Crippen molar-refractivity contribution in [3.8, 4) is 44.9 Å². The number of rotatable bonds is 4. The van der Waals surface area contributed by atoms with Gasteiger partial charge in [0.2, 0.25) is 0 Å². The Kier molecular flexibility index (Phi) is 7.13. The molecule has 0 atom stereocenters. The zero-order valence-electron chi connectivity index (χ0n) is 30.8. The van der Waals surface area contributed by atoms with Crippen molar-refractivity contribution in [2.24, 2.45) is 0 Å². The van der Waals surface area contributed by atoms with Gasteiger partial charge in [-0.05, 0) is 88.9 Å². The molecule has 57 heavy (non-hydrogen) atoms. The van der Waals surface area contributed by atoms with Crippen LogP contribution in [0.2, 0.25) is 0 Å². The van der Waals surface area contributed by atoms with Crippen LogP contribution in [-0.2, 0) is 0 Å². The van der Waals surface area contributed by atoms with E-state index in [1.807, 2.05) is 11.3 Å². The van der Waals surface area contributed by atoms with Crippen molar-refractivity contribution in [3.63, 3.8) is 0 Å². The Balaban J connectivity index is 1.03. The molecule has 2 heterocycles. The molecule has 0 radical (unpaired) electrons. The minimum absolute atomic E-state index is 0.727. The standard InChI is InChI=1S/C54H32N2S/c1-2-14-33(15-3-1)50-53-51(49-46-26-10-8-23-42(46)43-24-9-11-27-47(43)52(49)57-53)56-54(55-50)38-19-13-18-36(31-38)34-16-12-17-35(30-34)37-28-29-45-41-22-5-4-20-39(41)40-21-6-7-25-44(40)48(45)32-37/h1-32H. The van der Waals surface area contributed by atoms with Crippen LogP contribution in [0.4, 0.5) is 0 Å². The van der Waals surface area contributed by atoms with E-state index in [4.69, 9.17) is 9.97 Å². The van der Waals surface area contributed by atoms with Crippen molar-refractivity contribution >= 4 is 85.5 Å². The molecule has 0 N–H and O–H groups in total. The van der Waals surface area contributed by atoms with Gasteiger partial charge in [-0.2, -0.15) is 0 Å². The Hall–Kier alpha value is -7.20. The highest BCUT2D eigenvalue weighted by molar-refractivity contribution is 7.27. The van der Waals surface area contributed by atoms with Gasteiger partial charge in [-0.15, -0.1) is 11.3 Å². The Morgan fingerprint density at radius 1 is 0.281 bits per heavy atom. The second-order valence-electron chi connectivity index (χ2n) is 14.9. The third kappa shape index (κ3) is 5.03. The second-order valence-corrected chi connectivity index (χ2v) is 15.9. The lowest BCUT2D eigenvalue weighted by Crippen LogP contribution is -1.94. The topological polar surface area (TPSA) is 25.8 Å². The average Bonchev–Trinajstić information content (AvgIpc) is 3.69. The van der Waals surface area contributed by atoms with Gasteiger partial charge in [-0.25, -0.2) is 9.97 Å². The molecule has 0 saturated carbocycles. The maximum Gasteiger partial charge on any atom is 0.160 e. The summed E-state index contributed by atoms with van der Waals surface area (Å²) in [5.41, 5.74) is 8.72. The largest absolute Gasteiger partial charge is 0.226 e. The normalized spacial score (nSPS) is 11.9. The summed E-state index contributed by atoms with van der Waals surface area (Å²) in [6.45, 7) is 0. The van der Waals surface area contributed by atoms with Gasteiger partial charge in [0.1, 0.15) is 0 Å². The van der Waals surface area contributed by atoms with E-state index in [2.05, 4.69) is 194 Å². The Labute approximate surface area is 333 Å². The predicted octanol–water partition coefficient (Wildman–Crippen LogP) is 15.3. The van der Waals surface area contributed by atoms with Crippen molar-refractivity contribution in [1.29, 1.82) is 0 Å². The average molecular weight is 741 g/mol. The summed E-state index contributed by atoms with van der Waals surface area (Å²) in [5, 5.41) is 13.9. The van der Waals surface area contributed by atoms with Gasteiger partial charge in [-0.3, -0.25) is 0 Å². The molecule has 0 aliphatic heterocycles. The zero-order valence-corrected chi connectivity index (χ0v) is 31.6. The summed E-state index contributed by atoms with van der Waals surface area (Å²) >= 11 is 1.81. The van der Waals surface area contributed by atoms with Crippen molar-refractivity contribution in [2.45, 2.75) is 0 Å². The molecule has 10 aromatic carbocycles. The van der Waals surface area contributed by atoms with Crippen LogP contribution in [0.5, 0.6) is 0 Å². The third-order valence-electron chi connectivity index (χ3n) is 11.6. The van der Waals surface area contributed by atoms with E-state index in [1.165, 1.54) is 75.1 Å². The smallest absolute Gasteiger partial charge is 0.160 e. The van der Waals surface area contributed by atoms with Crippen LogP contribution in [0, 0.1) is 0 Å². The lowest BCUT2D eigenvalue weighted by atomic mass is 9.91. The minimum Gasteiger partial charge on any atom is -0.226 e. The van der Waals surface area contributed by atoms with Gasteiger partial charge in [0.05, 0.1) is 15.9 Å². The number of hydrogen-bond acceptors (Lipinski definition) is 3. The zero-order chi connectivity index (χ0) is 37.5. The molecule has 0 saturated heterocycles. The molecule has 0 spiro atoms. The molecular formula is C54H32N2S. The van der Waals surface area contributed by atoms with Crippen molar-refractivity contribution in [2.75, 3.05) is 0 Å². The Morgan fingerprint density at radius 2 is 0.719 bits per heavy atom. The molecule has 2 aromatic heterocycles. The van der Waals surface area contributed by atoms with E-state index in [9.17, 15) is 0 Å². The summed E-state index contributed by atoms with van der Waals surface area (Å²) in [6.07, 6.45) is 0. The Morgan fingerprint density at radius 3 is 1.35 bits per heavy atom. The molecule has 0 aliphatic rings. The molecule has 0 unspecified atom stereocenters. The quantitative estimate of drug-likeness (QED) is 0.168. The lowest BCUT2D eigenvalue weighted by molar-refractivity contribution is 1.24. The predicted molar refractivity (Wildman–Crippen MR) is 244 cm³/mol. The first-order valence-corrected chi connectivity index (χ1v) is 20.2. The first-order chi connectivity index (χ1) is 28.3.